The fourth-order valence-corrected chi connectivity index (χ4v) is 0.845. The molecule has 1 aromatic rings. The number of nitrogens with zero attached hydrogens (tertiary/aromatic N) is 1. The highest BCUT2D eigenvalue weighted by Gasteiger charge is 2.04. The largest absolute Gasteiger partial charge is 0.367 e. The minimum Gasteiger partial charge on any atom is -0.367 e. The predicted octanol–water partition coefficient (Wildman–Crippen LogP) is 2.43. The van der Waals surface area contributed by atoms with E-state index >= 15 is 0 Å². The minimum atomic E-state index is -0.660. The monoisotopic (exact) mass is 186 g/mol. The van der Waals surface area contributed by atoms with Crippen molar-refractivity contribution in [3.63, 3.8) is 0 Å². The molecule has 0 aliphatic heterocycles. The molecule has 0 aromatic carbocycles. The average molecular weight is 186 g/mol. The molecular formula is C9H12F2N2. The summed E-state index contributed by atoms with van der Waals surface area (Å²) in [5.74, 6) is -0.811. The van der Waals surface area contributed by atoms with E-state index in [1.807, 2.05) is 13.8 Å². The topological polar surface area (TPSA) is 24.9 Å². The van der Waals surface area contributed by atoms with Gasteiger partial charge in [0.2, 0.25) is 0 Å². The highest BCUT2D eigenvalue weighted by molar-refractivity contribution is 5.35. The molecule has 0 atom stereocenters. The van der Waals surface area contributed by atoms with Crippen molar-refractivity contribution in [1.82, 2.24) is 4.98 Å². The summed E-state index contributed by atoms with van der Waals surface area (Å²) in [6.45, 7) is 4.61. The maximum Gasteiger partial charge on any atom is 0.168 e. The van der Waals surface area contributed by atoms with Gasteiger partial charge in [0.1, 0.15) is 5.82 Å². The first-order valence-corrected chi connectivity index (χ1v) is 4.14. The Bertz CT molecular complexity index is 287. The Morgan fingerprint density at radius 2 is 2.15 bits per heavy atom. The summed E-state index contributed by atoms with van der Waals surface area (Å²) in [5, 5.41) is 2.79. The lowest BCUT2D eigenvalue weighted by atomic mass is 10.2. The van der Waals surface area contributed by atoms with E-state index in [1.54, 1.807) is 0 Å². The van der Waals surface area contributed by atoms with Gasteiger partial charge in [0.15, 0.2) is 11.6 Å². The van der Waals surface area contributed by atoms with E-state index in [4.69, 9.17) is 0 Å². The quantitative estimate of drug-likeness (QED) is 0.784. The van der Waals surface area contributed by atoms with Crippen LogP contribution in [0.5, 0.6) is 0 Å². The van der Waals surface area contributed by atoms with E-state index in [9.17, 15) is 8.78 Å². The van der Waals surface area contributed by atoms with Crippen LogP contribution in [-0.4, -0.2) is 11.5 Å². The molecule has 0 spiro atoms. The third kappa shape index (κ3) is 2.97. The number of pyridine rings is 1. The summed E-state index contributed by atoms with van der Waals surface area (Å²) in [6, 6.07) is 0.815. The van der Waals surface area contributed by atoms with Crippen molar-refractivity contribution in [3.05, 3.63) is 23.9 Å². The predicted molar refractivity (Wildman–Crippen MR) is 47.5 cm³/mol. The normalized spacial score (nSPS) is 10.5. The summed E-state index contributed by atoms with van der Waals surface area (Å²) < 4.78 is 25.4. The number of hydrogen-bond donors (Lipinski definition) is 1. The van der Waals surface area contributed by atoms with Gasteiger partial charge in [-0.25, -0.2) is 13.8 Å². The van der Waals surface area contributed by atoms with Crippen molar-refractivity contribution in [2.45, 2.75) is 13.8 Å². The molecule has 0 radical (unpaired) electrons. The van der Waals surface area contributed by atoms with Crippen LogP contribution in [-0.2, 0) is 0 Å². The molecule has 0 bridgehead atoms. The van der Waals surface area contributed by atoms with Gasteiger partial charge in [-0.05, 0) is 5.92 Å². The summed E-state index contributed by atoms with van der Waals surface area (Å²) in [5.41, 5.74) is 0. The lowest BCUT2D eigenvalue weighted by Gasteiger charge is -2.08. The maximum atomic E-state index is 12.9. The van der Waals surface area contributed by atoms with Crippen LogP contribution in [0, 0.1) is 17.6 Å². The molecule has 2 nitrogen and oxygen atoms in total. The molecule has 0 saturated carbocycles. The standard InChI is InChI=1S/C9H12F2N2/c1-6(2)4-12-9-8(11)3-7(10)5-13-9/h3,5-6H,4H2,1-2H3,(H,12,13). The van der Waals surface area contributed by atoms with Crippen LogP contribution in [0.25, 0.3) is 0 Å². The van der Waals surface area contributed by atoms with Gasteiger partial charge in [-0.1, -0.05) is 13.8 Å². The van der Waals surface area contributed by atoms with Gasteiger partial charge < -0.3 is 5.32 Å². The van der Waals surface area contributed by atoms with Gasteiger partial charge >= 0.3 is 0 Å². The van der Waals surface area contributed by atoms with Gasteiger partial charge in [0.25, 0.3) is 0 Å². The van der Waals surface area contributed by atoms with E-state index in [0.29, 0.717) is 12.5 Å². The molecule has 0 unspecified atom stereocenters. The first-order chi connectivity index (χ1) is 6.09. The second-order valence-corrected chi connectivity index (χ2v) is 3.26. The van der Waals surface area contributed by atoms with Crippen molar-refractivity contribution < 1.29 is 8.78 Å². The molecule has 0 saturated heterocycles. The lowest BCUT2D eigenvalue weighted by Crippen LogP contribution is -2.10. The molecule has 4 heteroatoms. The summed E-state index contributed by atoms with van der Waals surface area (Å²) in [6.07, 6.45) is 0.992. The van der Waals surface area contributed by atoms with E-state index < -0.39 is 11.6 Å². The summed E-state index contributed by atoms with van der Waals surface area (Å²) >= 11 is 0. The van der Waals surface area contributed by atoms with Gasteiger partial charge in [-0.15, -0.1) is 0 Å². The summed E-state index contributed by atoms with van der Waals surface area (Å²) in [4.78, 5) is 3.59. The Balaban J connectivity index is 2.67. The van der Waals surface area contributed by atoms with Crippen LogP contribution in [0.4, 0.5) is 14.6 Å². The zero-order valence-electron chi connectivity index (χ0n) is 7.64. The molecule has 0 aliphatic carbocycles. The number of hydrogen-bond acceptors (Lipinski definition) is 2. The smallest absolute Gasteiger partial charge is 0.168 e. The Morgan fingerprint density at radius 3 is 2.69 bits per heavy atom. The third-order valence-electron chi connectivity index (χ3n) is 1.49. The molecular weight excluding hydrogens is 174 g/mol. The fraction of sp³-hybridized carbons (Fsp3) is 0.444. The van der Waals surface area contributed by atoms with Crippen LogP contribution in [0.3, 0.4) is 0 Å². The van der Waals surface area contributed by atoms with E-state index in [-0.39, 0.29) is 5.82 Å². The zero-order valence-corrected chi connectivity index (χ0v) is 7.64. The Hall–Kier alpha value is -1.19. The van der Waals surface area contributed by atoms with E-state index in [1.165, 1.54) is 0 Å². The van der Waals surface area contributed by atoms with Crippen molar-refractivity contribution in [2.24, 2.45) is 5.92 Å². The molecule has 0 aliphatic rings. The Morgan fingerprint density at radius 1 is 1.46 bits per heavy atom. The Labute approximate surface area is 76.0 Å². The van der Waals surface area contributed by atoms with Gasteiger partial charge in [0.05, 0.1) is 6.20 Å². The van der Waals surface area contributed by atoms with Crippen molar-refractivity contribution in [3.8, 4) is 0 Å². The Kier molecular flexibility index (Phi) is 3.17. The molecule has 1 N–H and O–H groups in total. The van der Waals surface area contributed by atoms with Crippen LogP contribution < -0.4 is 5.32 Å². The van der Waals surface area contributed by atoms with Gasteiger partial charge in [0, 0.05) is 12.6 Å². The molecule has 1 aromatic heterocycles. The molecule has 0 fully saturated rings. The van der Waals surface area contributed by atoms with Crippen LogP contribution in [0.2, 0.25) is 0 Å². The first kappa shape index (κ1) is 9.89. The number of rotatable bonds is 3. The highest BCUT2D eigenvalue weighted by atomic mass is 19.1. The first-order valence-electron chi connectivity index (χ1n) is 4.14. The van der Waals surface area contributed by atoms with Crippen molar-refractivity contribution in [2.75, 3.05) is 11.9 Å². The molecule has 0 amide bonds. The number of aromatic nitrogens is 1. The van der Waals surface area contributed by atoms with E-state index in [2.05, 4.69) is 10.3 Å². The number of halogens is 2. The molecule has 1 rings (SSSR count). The van der Waals surface area contributed by atoms with E-state index in [0.717, 1.165) is 12.3 Å². The number of anilines is 1. The highest BCUT2D eigenvalue weighted by Crippen LogP contribution is 2.11. The van der Waals surface area contributed by atoms with Crippen LogP contribution >= 0.6 is 0 Å². The minimum absolute atomic E-state index is 0.107. The second-order valence-electron chi connectivity index (χ2n) is 3.26. The van der Waals surface area contributed by atoms with Crippen molar-refractivity contribution >= 4 is 5.82 Å². The molecule has 72 valence electrons. The molecule has 13 heavy (non-hydrogen) atoms. The number of nitrogens with one attached hydrogen (secondary N) is 1. The average Bonchev–Trinajstić information content (AvgIpc) is 2.02. The second kappa shape index (κ2) is 4.16. The fourth-order valence-electron chi connectivity index (χ4n) is 0.845. The van der Waals surface area contributed by atoms with Crippen LogP contribution in [0.1, 0.15) is 13.8 Å². The van der Waals surface area contributed by atoms with Crippen LogP contribution in [0.15, 0.2) is 12.3 Å². The van der Waals surface area contributed by atoms with Crippen molar-refractivity contribution in [1.29, 1.82) is 0 Å². The van der Waals surface area contributed by atoms with Gasteiger partial charge in [-0.2, -0.15) is 0 Å². The maximum absolute atomic E-state index is 12.9. The lowest BCUT2D eigenvalue weighted by molar-refractivity contribution is 0.573. The van der Waals surface area contributed by atoms with Gasteiger partial charge in [-0.3, -0.25) is 0 Å². The zero-order chi connectivity index (χ0) is 9.84. The SMILES string of the molecule is CC(C)CNc1ncc(F)cc1F. The third-order valence-corrected chi connectivity index (χ3v) is 1.49. The molecule has 1 heterocycles. The summed E-state index contributed by atoms with van der Waals surface area (Å²) in [7, 11) is 0.